The largest absolute Gasteiger partial charge is 0.0845 e. The van der Waals surface area contributed by atoms with Gasteiger partial charge in [0.05, 0.1) is 0 Å². The third-order valence-electron chi connectivity index (χ3n) is 9.42. The smallest absolute Gasteiger partial charge is 0.00383 e. The van der Waals surface area contributed by atoms with Gasteiger partial charge in [0.2, 0.25) is 0 Å². The molecule has 2 fully saturated rings. The van der Waals surface area contributed by atoms with Gasteiger partial charge in [-0.05, 0) is 110 Å². The summed E-state index contributed by atoms with van der Waals surface area (Å²) in [6, 6.07) is 7.16. The second-order valence-electron chi connectivity index (χ2n) is 10.6. The molecule has 2 saturated carbocycles. The van der Waals surface area contributed by atoms with Gasteiger partial charge in [-0.3, -0.25) is 0 Å². The third kappa shape index (κ3) is 2.48. The van der Waals surface area contributed by atoms with E-state index in [2.05, 4.69) is 58.0 Å². The van der Waals surface area contributed by atoms with Crippen LogP contribution in [0.15, 0.2) is 35.9 Å². The molecule has 5 unspecified atom stereocenters. The maximum Gasteiger partial charge on any atom is -0.00383 e. The minimum absolute atomic E-state index is 0.388. The second-order valence-corrected chi connectivity index (χ2v) is 10.6. The van der Waals surface area contributed by atoms with Crippen molar-refractivity contribution in [2.75, 3.05) is 0 Å². The van der Waals surface area contributed by atoms with Gasteiger partial charge in [0, 0.05) is 0 Å². The fourth-order valence-electron chi connectivity index (χ4n) is 7.62. The molecule has 0 spiro atoms. The number of fused-ring (bicyclic) bond motifs is 5. The molecule has 4 aliphatic carbocycles. The first-order valence-corrected chi connectivity index (χ1v) is 11.4. The van der Waals surface area contributed by atoms with Gasteiger partial charge in [0.1, 0.15) is 0 Å². The molecule has 0 heteroatoms. The van der Waals surface area contributed by atoms with Crippen LogP contribution in [0.4, 0.5) is 0 Å². The lowest BCUT2D eigenvalue weighted by Crippen LogP contribution is -2.48. The van der Waals surface area contributed by atoms with Gasteiger partial charge in [0.25, 0.3) is 0 Å². The topological polar surface area (TPSA) is 0 Å². The summed E-state index contributed by atoms with van der Waals surface area (Å²) >= 11 is 0. The molecule has 0 aliphatic heterocycles. The van der Waals surface area contributed by atoms with E-state index in [1.54, 1.807) is 5.57 Å². The minimum Gasteiger partial charge on any atom is -0.0845 e. The summed E-state index contributed by atoms with van der Waals surface area (Å²) in [5.41, 5.74) is 8.76. The van der Waals surface area contributed by atoms with E-state index in [0.29, 0.717) is 10.8 Å². The lowest BCUT2D eigenvalue weighted by Gasteiger charge is -2.57. The molecule has 0 saturated heterocycles. The highest BCUT2D eigenvalue weighted by atomic mass is 14.6. The Morgan fingerprint density at radius 2 is 1.70 bits per heavy atom. The molecule has 4 aliphatic rings. The molecule has 0 nitrogen and oxygen atoms in total. The lowest BCUT2D eigenvalue weighted by atomic mass is 9.47. The van der Waals surface area contributed by atoms with Gasteiger partial charge in [-0.1, -0.05) is 56.2 Å². The van der Waals surface area contributed by atoms with Crippen molar-refractivity contribution in [3.8, 4) is 0 Å². The number of hydrogen-bond donors (Lipinski definition) is 0. The lowest BCUT2D eigenvalue weighted by molar-refractivity contribution is -0.00980. The monoisotopic (exact) mass is 360 g/mol. The number of allylic oxidation sites excluding steroid dienone is 4. The van der Waals surface area contributed by atoms with Crippen molar-refractivity contribution in [2.24, 2.45) is 28.6 Å². The molecule has 144 valence electrons. The van der Waals surface area contributed by atoms with Crippen LogP contribution in [0.25, 0.3) is 5.57 Å². The van der Waals surface area contributed by atoms with Crippen LogP contribution >= 0.6 is 0 Å². The molecule has 27 heavy (non-hydrogen) atoms. The number of aryl methyl sites for hydroxylation is 2. The van der Waals surface area contributed by atoms with Gasteiger partial charge in [-0.25, -0.2) is 0 Å². The number of hydrogen-bond acceptors (Lipinski definition) is 0. The molecule has 0 amide bonds. The van der Waals surface area contributed by atoms with Crippen molar-refractivity contribution >= 4 is 5.57 Å². The molecule has 0 radical (unpaired) electrons. The fourth-order valence-corrected chi connectivity index (χ4v) is 7.62. The van der Waals surface area contributed by atoms with E-state index in [1.807, 2.05) is 5.57 Å². The summed E-state index contributed by atoms with van der Waals surface area (Å²) in [5.74, 6) is 2.68. The van der Waals surface area contributed by atoms with Crippen LogP contribution in [0.5, 0.6) is 0 Å². The van der Waals surface area contributed by atoms with Gasteiger partial charge >= 0.3 is 0 Å². The summed E-state index contributed by atoms with van der Waals surface area (Å²) in [6.07, 6.45) is 16.5. The molecular formula is C27H36. The van der Waals surface area contributed by atoms with E-state index < -0.39 is 0 Å². The molecule has 0 aromatic heterocycles. The highest BCUT2D eigenvalue weighted by molar-refractivity contribution is 5.73. The third-order valence-corrected chi connectivity index (χ3v) is 9.42. The van der Waals surface area contributed by atoms with Gasteiger partial charge in [-0.2, -0.15) is 0 Å². The number of benzene rings is 1. The predicted molar refractivity (Wildman–Crippen MR) is 116 cm³/mol. The standard InChI is InChI=1S/C27H36/c1-18-8-9-20(17-19(18)2)23-12-13-24-22-11-10-21-7-5-6-15-26(21,3)25(22)14-16-27(23,24)4/h8-10,12,17,22,24-25H,5-7,11,13-16H2,1-4H3. The van der Waals surface area contributed by atoms with Gasteiger partial charge in [0.15, 0.2) is 0 Å². The molecule has 5 atom stereocenters. The van der Waals surface area contributed by atoms with Crippen molar-refractivity contribution in [3.05, 3.63) is 52.6 Å². The number of rotatable bonds is 1. The highest BCUT2D eigenvalue weighted by Gasteiger charge is 2.56. The Balaban J connectivity index is 1.48. The van der Waals surface area contributed by atoms with E-state index in [4.69, 9.17) is 0 Å². The Bertz CT molecular complexity index is 824. The molecule has 5 rings (SSSR count). The van der Waals surface area contributed by atoms with Crippen LogP contribution in [0.3, 0.4) is 0 Å². The Morgan fingerprint density at radius 3 is 2.52 bits per heavy atom. The Hall–Kier alpha value is -1.30. The molecule has 1 aromatic carbocycles. The maximum atomic E-state index is 2.69. The molecule has 0 N–H and O–H groups in total. The van der Waals surface area contributed by atoms with E-state index in [9.17, 15) is 0 Å². The Labute approximate surface area is 166 Å². The first-order chi connectivity index (χ1) is 12.9. The minimum atomic E-state index is 0.388. The van der Waals surface area contributed by atoms with Crippen LogP contribution in [-0.4, -0.2) is 0 Å². The fraction of sp³-hybridized carbons (Fsp3) is 0.630. The summed E-state index contributed by atoms with van der Waals surface area (Å²) in [4.78, 5) is 0. The van der Waals surface area contributed by atoms with Gasteiger partial charge < -0.3 is 0 Å². The highest BCUT2D eigenvalue weighted by Crippen LogP contribution is 2.66. The maximum absolute atomic E-state index is 2.69. The van der Waals surface area contributed by atoms with Gasteiger partial charge in [-0.15, -0.1) is 0 Å². The van der Waals surface area contributed by atoms with Crippen LogP contribution in [0, 0.1) is 42.4 Å². The molecule has 0 bridgehead atoms. The van der Waals surface area contributed by atoms with Crippen molar-refractivity contribution < 1.29 is 0 Å². The van der Waals surface area contributed by atoms with Crippen molar-refractivity contribution in [1.29, 1.82) is 0 Å². The van der Waals surface area contributed by atoms with Crippen LogP contribution in [-0.2, 0) is 0 Å². The van der Waals surface area contributed by atoms with Crippen LogP contribution < -0.4 is 0 Å². The summed E-state index contributed by atoms with van der Waals surface area (Å²) in [7, 11) is 0. The van der Waals surface area contributed by atoms with E-state index in [0.717, 1.165) is 17.8 Å². The van der Waals surface area contributed by atoms with Crippen molar-refractivity contribution in [3.63, 3.8) is 0 Å². The van der Waals surface area contributed by atoms with Crippen molar-refractivity contribution in [1.82, 2.24) is 0 Å². The van der Waals surface area contributed by atoms with E-state index in [1.165, 1.54) is 68.1 Å². The second kappa shape index (κ2) is 6.10. The zero-order valence-electron chi connectivity index (χ0n) is 17.8. The molecular weight excluding hydrogens is 324 g/mol. The predicted octanol–water partition coefficient (Wildman–Crippen LogP) is 7.65. The normalized spacial score (nSPS) is 40.5. The zero-order valence-corrected chi connectivity index (χ0v) is 17.8. The average molecular weight is 361 g/mol. The summed E-state index contributed by atoms with van der Waals surface area (Å²) in [5, 5.41) is 0. The Kier molecular flexibility index (Phi) is 4.01. The van der Waals surface area contributed by atoms with E-state index >= 15 is 0 Å². The van der Waals surface area contributed by atoms with E-state index in [-0.39, 0.29) is 0 Å². The summed E-state index contributed by atoms with van der Waals surface area (Å²) < 4.78 is 0. The first kappa shape index (κ1) is 17.8. The SMILES string of the molecule is Cc1ccc(C2=CCC3C4CC=C5CCCCC5(C)C4CCC23C)cc1C. The quantitative estimate of drug-likeness (QED) is 0.451. The first-order valence-electron chi connectivity index (χ1n) is 11.4. The van der Waals surface area contributed by atoms with Crippen molar-refractivity contribution in [2.45, 2.75) is 79.1 Å². The van der Waals surface area contributed by atoms with Crippen LogP contribution in [0.1, 0.15) is 81.9 Å². The van der Waals surface area contributed by atoms with Crippen LogP contribution in [0.2, 0.25) is 0 Å². The average Bonchev–Trinajstić information content (AvgIpc) is 3.01. The Morgan fingerprint density at radius 1 is 0.852 bits per heavy atom. The zero-order chi connectivity index (χ0) is 18.8. The molecule has 0 heterocycles. The molecule has 1 aromatic rings. The summed E-state index contributed by atoms with van der Waals surface area (Å²) in [6.45, 7) is 9.73.